The zero-order valence-electron chi connectivity index (χ0n) is 11.1. The van der Waals surface area contributed by atoms with Gasteiger partial charge in [0.2, 0.25) is 0 Å². The lowest BCUT2D eigenvalue weighted by atomic mass is 10.1. The molecule has 0 bridgehead atoms. The Labute approximate surface area is 144 Å². The van der Waals surface area contributed by atoms with Crippen molar-refractivity contribution in [1.82, 2.24) is 0 Å². The molecular formula is C15H12Br2ClNO2. The van der Waals surface area contributed by atoms with Crippen LogP contribution in [0.5, 0.6) is 0 Å². The van der Waals surface area contributed by atoms with E-state index < -0.39 is 6.04 Å². The number of benzene rings is 2. The maximum atomic E-state index is 12.1. The first kappa shape index (κ1) is 16.3. The van der Waals surface area contributed by atoms with Gasteiger partial charge in [-0.3, -0.25) is 0 Å². The minimum atomic E-state index is -0.640. The van der Waals surface area contributed by atoms with E-state index in [0.717, 1.165) is 14.5 Å². The molecule has 0 aliphatic rings. The Morgan fingerprint density at radius 1 is 1.19 bits per heavy atom. The average molecular weight is 434 g/mol. The number of esters is 1. The van der Waals surface area contributed by atoms with E-state index in [9.17, 15) is 4.79 Å². The maximum absolute atomic E-state index is 12.1. The van der Waals surface area contributed by atoms with Crippen molar-refractivity contribution in [2.75, 3.05) is 12.4 Å². The van der Waals surface area contributed by atoms with Gasteiger partial charge in [-0.2, -0.15) is 0 Å². The third-order valence-electron chi connectivity index (χ3n) is 2.89. The normalized spacial score (nSPS) is 11.8. The molecular weight excluding hydrogens is 421 g/mol. The fraction of sp³-hybridized carbons (Fsp3) is 0.133. The molecule has 3 nitrogen and oxygen atoms in total. The van der Waals surface area contributed by atoms with Gasteiger partial charge in [-0.25, -0.2) is 4.79 Å². The molecule has 2 aromatic carbocycles. The van der Waals surface area contributed by atoms with Gasteiger partial charge in [0.1, 0.15) is 0 Å². The van der Waals surface area contributed by atoms with Gasteiger partial charge in [0, 0.05) is 8.95 Å². The van der Waals surface area contributed by atoms with Crippen molar-refractivity contribution >= 4 is 55.1 Å². The van der Waals surface area contributed by atoms with Crippen molar-refractivity contribution in [3.8, 4) is 0 Å². The van der Waals surface area contributed by atoms with E-state index in [4.69, 9.17) is 16.3 Å². The molecule has 0 amide bonds. The molecule has 1 unspecified atom stereocenters. The summed E-state index contributed by atoms with van der Waals surface area (Å²) in [5, 5.41) is 3.66. The van der Waals surface area contributed by atoms with Crippen LogP contribution in [0.1, 0.15) is 11.6 Å². The van der Waals surface area contributed by atoms with E-state index in [2.05, 4.69) is 37.2 Å². The van der Waals surface area contributed by atoms with Gasteiger partial charge in [0.25, 0.3) is 0 Å². The molecule has 0 heterocycles. The number of halogens is 3. The van der Waals surface area contributed by atoms with Crippen molar-refractivity contribution < 1.29 is 9.53 Å². The van der Waals surface area contributed by atoms with E-state index in [1.165, 1.54) is 7.11 Å². The van der Waals surface area contributed by atoms with Gasteiger partial charge in [-0.15, -0.1) is 0 Å². The molecule has 110 valence electrons. The van der Waals surface area contributed by atoms with E-state index in [0.29, 0.717) is 10.7 Å². The predicted molar refractivity (Wildman–Crippen MR) is 91.7 cm³/mol. The largest absolute Gasteiger partial charge is 0.467 e. The van der Waals surface area contributed by atoms with Crippen LogP contribution in [-0.4, -0.2) is 13.1 Å². The topological polar surface area (TPSA) is 38.3 Å². The molecule has 0 fully saturated rings. The molecule has 0 radical (unpaired) electrons. The molecule has 0 saturated heterocycles. The Morgan fingerprint density at radius 3 is 2.52 bits per heavy atom. The molecule has 0 aliphatic carbocycles. The molecule has 0 saturated carbocycles. The third kappa shape index (κ3) is 3.99. The monoisotopic (exact) mass is 431 g/mol. The number of carbonyl (C=O) groups is 1. The van der Waals surface area contributed by atoms with Crippen LogP contribution in [0, 0.1) is 0 Å². The van der Waals surface area contributed by atoms with E-state index in [1.54, 1.807) is 6.07 Å². The fourth-order valence-corrected chi connectivity index (χ4v) is 2.66. The first-order valence-electron chi connectivity index (χ1n) is 6.06. The summed E-state index contributed by atoms with van der Waals surface area (Å²) in [6.45, 7) is 0. The zero-order valence-corrected chi connectivity index (χ0v) is 15.0. The number of methoxy groups -OCH3 is 1. The average Bonchev–Trinajstić information content (AvgIpc) is 2.48. The third-order valence-corrected chi connectivity index (χ3v) is 5.10. The van der Waals surface area contributed by atoms with E-state index in [-0.39, 0.29) is 5.97 Å². The van der Waals surface area contributed by atoms with Gasteiger partial charge in [0.05, 0.1) is 17.8 Å². The standard InChI is InChI=1S/C15H12Br2ClNO2/c1-21-15(20)14(9-6-7-10(16)11(17)8-9)19-13-5-3-2-4-12(13)18/h2-8,14,19H,1H3. The second-order valence-corrected chi connectivity index (χ2v) is 6.37. The molecule has 6 heteroatoms. The number of hydrogen-bond donors (Lipinski definition) is 1. The molecule has 0 aromatic heterocycles. The Balaban J connectivity index is 2.37. The summed E-state index contributed by atoms with van der Waals surface area (Å²) in [7, 11) is 1.36. The molecule has 0 aliphatic heterocycles. The van der Waals surface area contributed by atoms with Crippen LogP contribution in [0.2, 0.25) is 5.02 Å². The van der Waals surface area contributed by atoms with Crippen LogP contribution < -0.4 is 5.32 Å². The number of carbonyl (C=O) groups excluding carboxylic acids is 1. The van der Waals surface area contributed by atoms with Crippen molar-refractivity contribution in [1.29, 1.82) is 0 Å². The van der Waals surface area contributed by atoms with Gasteiger partial charge >= 0.3 is 5.97 Å². The van der Waals surface area contributed by atoms with Crippen LogP contribution in [0.4, 0.5) is 5.69 Å². The van der Waals surface area contributed by atoms with Gasteiger partial charge in [-0.1, -0.05) is 29.8 Å². The first-order valence-corrected chi connectivity index (χ1v) is 8.03. The Hall–Kier alpha value is -1.04. The van der Waals surface area contributed by atoms with Crippen molar-refractivity contribution in [3.63, 3.8) is 0 Å². The number of para-hydroxylation sites is 1. The highest BCUT2D eigenvalue weighted by Crippen LogP contribution is 2.30. The van der Waals surface area contributed by atoms with Gasteiger partial charge in [0.15, 0.2) is 6.04 Å². The summed E-state index contributed by atoms with van der Waals surface area (Å²) in [6, 6.07) is 12.2. The molecule has 1 atom stereocenters. The number of anilines is 1. The van der Waals surface area contributed by atoms with Crippen LogP contribution >= 0.6 is 43.5 Å². The van der Waals surface area contributed by atoms with Crippen molar-refractivity contribution in [3.05, 3.63) is 62.0 Å². The minimum absolute atomic E-state index is 0.385. The van der Waals surface area contributed by atoms with Crippen LogP contribution in [0.25, 0.3) is 0 Å². The SMILES string of the molecule is COC(=O)C(Nc1ccccc1Cl)c1ccc(Br)c(Br)c1. The summed E-state index contributed by atoms with van der Waals surface area (Å²) in [6.07, 6.45) is 0. The number of rotatable bonds is 4. The molecule has 2 aromatic rings. The lowest BCUT2D eigenvalue weighted by molar-refractivity contribution is -0.141. The summed E-state index contributed by atoms with van der Waals surface area (Å²) >= 11 is 13.0. The Morgan fingerprint density at radius 2 is 1.90 bits per heavy atom. The Kier molecular flexibility index (Phi) is 5.67. The lowest BCUT2D eigenvalue weighted by Gasteiger charge is -2.19. The highest BCUT2D eigenvalue weighted by atomic mass is 79.9. The quantitative estimate of drug-likeness (QED) is 0.675. The molecule has 1 N–H and O–H groups in total. The molecule has 21 heavy (non-hydrogen) atoms. The lowest BCUT2D eigenvalue weighted by Crippen LogP contribution is -2.22. The smallest absolute Gasteiger partial charge is 0.332 e. The Bertz CT molecular complexity index is 664. The summed E-state index contributed by atoms with van der Waals surface area (Å²) in [5.41, 5.74) is 1.45. The summed E-state index contributed by atoms with van der Waals surface area (Å²) in [4.78, 5) is 12.1. The fourth-order valence-electron chi connectivity index (χ4n) is 1.82. The number of hydrogen-bond acceptors (Lipinski definition) is 3. The predicted octanol–water partition coefficient (Wildman–Crippen LogP) is 5.19. The van der Waals surface area contributed by atoms with Crippen LogP contribution in [0.15, 0.2) is 51.4 Å². The van der Waals surface area contributed by atoms with E-state index >= 15 is 0 Å². The van der Waals surface area contributed by atoms with Gasteiger partial charge in [-0.05, 0) is 61.7 Å². The molecule has 2 rings (SSSR count). The minimum Gasteiger partial charge on any atom is -0.467 e. The van der Waals surface area contributed by atoms with E-state index in [1.807, 2.05) is 36.4 Å². The first-order chi connectivity index (χ1) is 10.0. The highest BCUT2D eigenvalue weighted by Gasteiger charge is 2.22. The van der Waals surface area contributed by atoms with Gasteiger partial charge < -0.3 is 10.1 Å². The second-order valence-electron chi connectivity index (χ2n) is 4.25. The zero-order chi connectivity index (χ0) is 15.4. The summed E-state index contributed by atoms with van der Waals surface area (Å²) < 4.78 is 6.64. The van der Waals surface area contributed by atoms with Crippen LogP contribution in [0.3, 0.4) is 0 Å². The van der Waals surface area contributed by atoms with Crippen molar-refractivity contribution in [2.45, 2.75) is 6.04 Å². The number of nitrogens with one attached hydrogen (secondary N) is 1. The molecule has 0 spiro atoms. The second kappa shape index (κ2) is 7.29. The van der Waals surface area contributed by atoms with Crippen molar-refractivity contribution in [2.24, 2.45) is 0 Å². The maximum Gasteiger partial charge on any atom is 0.332 e. The summed E-state index contributed by atoms with van der Waals surface area (Å²) in [5.74, 6) is -0.385. The van der Waals surface area contributed by atoms with Crippen LogP contribution in [-0.2, 0) is 9.53 Å². The number of ether oxygens (including phenoxy) is 1. The highest BCUT2D eigenvalue weighted by molar-refractivity contribution is 9.13.